The van der Waals surface area contributed by atoms with E-state index < -0.39 is 0 Å². The third-order valence-electron chi connectivity index (χ3n) is 5.40. The third-order valence-corrected chi connectivity index (χ3v) is 5.75. The fraction of sp³-hybridized carbons (Fsp3) is 0.160. The zero-order valence-corrected chi connectivity index (χ0v) is 17.3. The Morgan fingerprint density at radius 3 is 2.67 bits per heavy atom. The number of carbonyl (C=O) groups is 1. The molecule has 0 bridgehead atoms. The lowest BCUT2D eigenvalue weighted by Crippen LogP contribution is -2.31. The Hall–Kier alpha value is -3.08. The van der Waals surface area contributed by atoms with E-state index in [4.69, 9.17) is 21.1 Å². The first-order chi connectivity index (χ1) is 14.6. The van der Waals surface area contributed by atoms with Gasteiger partial charge in [-0.2, -0.15) is 0 Å². The van der Waals surface area contributed by atoms with Gasteiger partial charge in [0.1, 0.15) is 18.2 Å². The number of carbonyl (C=O) groups excluding carboxylic acids is 1. The maximum absolute atomic E-state index is 12.9. The first kappa shape index (κ1) is 18.9. The van der Waals surface area contributed by atoms with Gasteiger partial charge < -0.3 is 9.47 Å². The molecule has 2 aliphatic rings. The predicted octanol–water partition coefficient (Wildman–Crippen LogP) is 5.62. The summed E-state index contributed by atoms with van der Waals surface area (Å²) in [4.78, 5) is 15.1. The molecule has 0 atom stereocenters. The minimum Gasteiger partial charge on any atom is -0.478 e. The average Bonchev–Trinajstić information content (AvgIpc) is 3.07. The van der Waals surface area contributed by atoms with Crippen molar-refractivity contribution in [1.82, 2.24) is 4.90 Å². The van der Waals surface area contributed by atoms with Crippen molar-refractivity contribution in [2.75, 3.05) is 6.73 Å². The number of fused-ring (bicyclic) bond motifs is 3. The number of hydrogen-bond donors (Lipinski definition) is 0. The molecule has 3 aromatic carbocycles. The van der Waals surface area contributed by atoms with E-state index in [9.17, 15) is 4.79 Å². The number of aryl methyl sites for hydroxylation is 1. The van der Waals surface area contributed by atoms with Gasteiger partial charge in [-0.1, -0.05) is 59.6 Å². The summed E-state index contributed by atoms with van der Waals surface area (Å²) in [6.45, 7) is 3.99. The smallest absolute Gasteiger partial charge is 0.231 e. The van der Waals surface area contributed by atoms with Crippen LogP contribution in [0.4, 0.5) is 0 Å². The van der Waals surface area contributed by atoms with Crippen molar-refractivity contribution < 1.29 is 14.3 Å². The van der Waals surface area contributed by atoms with E-state index in [1.807, 2.05) is 24.3 Å². The topological polar surface area (TPSA) is 38.8 Å². The van der Waals surface area contributed by atoms with Crippen molar-refractivity contribution in [3.63, 3.8) is 0 Å². The molecule has 4 nitrogen and oxygen atoms in total. The highest BCUT2D eigenvalue weighted by atomic mass is 35.5. The van der Waals surface area contributed by atoms with Gasteiger partial charge in [-0.25, -0.2) is 0 Å². The van der Waals surface area contributed by atoms with Gasteiger partial charge in [-0.3, -0.25) is 9.69 Å². The van der Waals surface area contributed by atoms with Crippen molar-refractivity contribution in [2.45, 2.75) is 20.0 Å². The Balaban J connectivity index is 1.43. The summed E-state index contributed by atoms with van der Waals surface area (Å²) >= 11 is 6.24. The molecular formula is C25H20ClNO3. The molecule has 0 saturated carbocycles. The summed E-state index contributed by atoms with van der Waals surface area (Å²) in [7, 11) is 0. The van der Waals surface area contributed by atoms with E-state index in [1.54, 1.807) is 18.2 Å². The maximum Gasteiger partial charge on any atom is 0.231 e. The molecule has 0 aromatic heterocycles. The average molecular weight is 418 g/mol. The monoisotopic (exact) mass is 417 g/mol. The van der Waals surface area contributed by atoms with Crippen LogP contribution in [0.2, 0.25) is 5.02 Å². The largest absolute Gasteiger partial charge is 0.478 e. The van der Waals surface area contributed by atoms with Crippen LogP contribution in [0.5, 0.6) is 11.5 Å². The molecule has 0 fully saturated rings. The fourth-order valence-electron chi connectivity index (χ4n) is 3.79. The van der Waals surface area contributed by atoms with Crippen molar-refractivity contribution in [2.24, 2.45) is 0 Å². The van der Waals surface area contributed by atoms with Crippen LogP contribution >= 0.6 is 11.6 Å². The van der Waals surface area contributed by atoms with E-state index in [2.05, 4.69) is 36.1 Å². The molecule has 0 spiro atoms. The minimum atomic E-state index is -0.136. The molecule has 2 heterocycles. The summed E-state index contributed by atoms with van der Waals surface area (Å²) in [5.41, 5.74) is 4.68. The van der Waals surface area contributed by atoms with Gasteiger partial charge in [0.2, 0.25) is 5.78 Å². The van der Waals surface area contributed by atoms with Crippen molar-refractivity contribution in [3.05, 3.63) is 99.3 Å². The Labute approximate surface area is 180 Å². The quantitative estimate of drug-likeness (QED) is 0.519. The molecule has 0 saturated heterocycles. The number of Topliss-reactive ketones (excluding diaryl/α,β-unsaturated/α-hetero) is 1. The summed E-state index contributed by atoms with van der Waals surface area (Å²) in [6.07, 6.45) is 1.70. The van der Waals surface area contributed by atoms with E-state index in [0.717, 1.165) is 23.4 Å². The lowest BCUT2D eigenvalue weighted by molar-refractivity contribution is 0.0873. The number of benzene rings is 3. The number of rotatable bonds is 3. The molecule has 0 aliphatic carbocycles. The van der Waals surface area contributed by atoms with Crippen molar-refractivity contribution >= 4 is 23.5 Å². The van der Waals surface area contributed by atoms with Crippen molar-refractivity contribution in [3.8, 4) is 11.5 Å². The van der Waals surface area contributed by atoms with Gasteiger partial charge in [0, 0.05) is 18.1 Å². The number of nitrogens with zero attached hydrogens (tertiary/aromatic N) is 1. The first-order valence-electron chi connectivity index (χ1n) is 9.84. The first-order valence-corrected chi connectivity index (χ1v) is 10.2. The lowest BCUT2D eigenvalue weighted by atomic mass is 10.0. The van der Waals surface area contributed by atoms with Gasteiger partial charge in [0.15, 0.2) is 5.76 Å². The molecule has 30 heavy (non-hydrogen) atoms. The maximum atomic E-state index is 12.9. The minimum absolute atomic E-state index is 0.136. The molecule has 0 N–H and O–H groups in total. The van der Waals surface area contributed by atoms with Crippen LogP contribution in [0.15, 0.2) is 66.4 Å². The summed E-state index contributed by atoms with van der Waals surface area (Å²) in [5, 5.41) is 0.576. The third kappa shape index (κ3) is 3.49. The van der Waals surface area contributed by atoms with Crippen LogP contribution in [-0.2, 0) is 13.1 Å². The SMILES string of the molecule is Cc1ccc(CN2COc3ccc4c(c3C2)O/C(=C\c2ccccc2Cl)C4=O)cc1. The normalized spacial score (nSPS) is 16.7. The Bertz CT molecular complexity index is 1170. The number of ketones is 1. The molecule has 0 amide bonds. The van der Waals surface area contributed by atoms with E-state index in [-0.39, 0.29) is 11.5 Å². The van der Waals surface area contributed by atoms with E-state index >= 15 is 0 Å². The van der Waals surface area contributed by atoms with Gasteiger partial charge in [-0.05, 0) is 42.3 Å². The summed E-state index contributed by atoms with van der Waals surface area (Å²) in [5.74, 6) is 1.50. The molecule has 5 rings (SSSR count). The Morgan fingerprint density at radius 2 is 1.87 bits per heavy atom. The number of hydrogen-bond acceptors (Lipinski definition) is 4. The molecule has 150 valence electrons. The fourth-order valence-corrected chi connectivity index (χ4v) is 3.98. The Kier molecular flexibility index (Phi) is 4.81. The summed E-state index contributed by atoms with van der Waals surface area (Å²) in [6, 6.07) is 19.5. The van der Waals surface area contributed by atoms with Gasteiger partial charge in [-0.15, -0.1) is 0 Å². The zero-order chi connectivity index (χ0) is 20.7. The van der Waals surface area contributed by atoms with Crippen molar-refractivity contribution in [1.29, 1.82) is 0 Å². The molecule has 2 aliphatic heterocycles. The standard InChI is InChI=1S/C25H20ClNO3/c1-16-6-8-17(9-7-16)13-27-14-20-22(29-15-27)11-10-19-24(28)23(30-25(19)20)12-18-4-2-3-5-21(18)26/h2-12H,13-15H2,1H3/b23-12-. The highest BCUT2D eigenvalue weighted by Gasteiger charge is 2.33. The van der Waals surface area contributed by atoms with Crippen LogP contribution < -0.4 is 9.47 Å². The van der Waals surface area contributed by atoms with Gasteiger partial charge in [0.05, 0.1) is 11.1 Å². The number of allylic oxidation sites excluding steroid dienone is 1. The van der Waals surface area contributed by atoms with Crippen LogP contribution in [0.25, 0.3) is 6.08 Å². The van der Waals surface area contributed by atoms with Gasteiger partial charge in [0.25, 0.3) is 0 Å². The van der Waals surface area contributed by atoms with E-state index in [0.29, 0.717) is 29.6 Å². The molecule has 3 aromatic rings. The summed E-state index contributed by atoms with van der Waals surface area (Å²) < 4.78 is 12.0. The molecule has 0 radical (unpaired) electrons. The zero-order valence-electron chi connectivity index (χ0n) is 16.5. The second-order valence-electron chi connectivity index (χ2n) is 7.63. The molecule has 0 unspecified atom stereocenters. The van der Waals surface area contributed by atoms with Gasteiger partial charge >= 0.3 is 0 Å². The molecule has 5 heteroatoms. The van der Waals surface area contributed by atoms with Crippen LogP contribution in [0.3, 0.4) is 0 Å². The Morgan fingerprint density at radius 1 is 1.07 bits per heavy atom. The lowest BCUT2D eigenvalue weighted by Gasteiger charge is -2.29. The van der Waals surface area contributed by atoms with Crippen LogP contribution in [0.1, 0.15) is 32.6 Å². The van der Waals surface area contributed by atoms with Crippen LogP contribution in [0, 0.1) is 6.92 Å². The molecular weight excluding hydrogens is 398 g/mol. The number of ether oxygens (including phenoxy) is 2. The van der Waals surface area contributed by atoms with Crippen LogP contribution in [-0.4, -0.2) is 17.4 Å². The number of halogens is 1. The highest BCUT2D eigenvalue weighted by molar-refractivity contribution is 6.32. The second kappa shape index (κ2) is 7.63. The second-order valence-corrected chi connectivity index (χ2v) is 8.03. The highest BCUT2D eigenvalue weighted by Crippen LogP contribution is 2.42. The van der Waals surface area contributed by atoms with E-state index in [1.165, 1.54) is 11.1 Å². The predicted molar refractivity (Wildman–Crippen MR) is 117 cm³/mol.